The molecule has 21 heavy (non-hydrogen) atoms. The molecule has 0 saturated carbocycles. The molecule has 0 fully saturated rings. The average Bonchev–Trinajstić information content (AvgIpc) is 3.07. The van der Waals surface area contributed by atoms with E-state index >= 15 is 0 Å². The maximum absolute atomic E-state index is 6.08. The van der Waals surface area contributed by atoms with Crippen molar-refractivity contribution in [1.82, 2.24) is 9.55 Å². The van der Waals surface area contributed by atoms with E-state index in [1.54, 1.807) is 11.3 Å². The number of benzene rings is 1. The van der Waals surface area contributed by atoms with E-state index in [1.165, 1.54) is 5.56 Å². The molecule has 110 valence electrons. The topological polar surface area (TPSA) is 27.1 Å². The number of thiophene rings is 1. The fourth-order valence-corrected chi connectivity index (χ4v) is 3.23. The molecule has 0 saturated heterocycles. The van der Waals surface area contributed by atoms with E-state index in [1.807, 2.05) is 26.0 Å². The number of alkyl halides is 1. The third-order valence-corrected chi connectivity index (χ3v) is 4.20. The van der Waals surface area contributed by atoms with Crippen LogP contribution in [0.1, 0.15) is 25.2 Å². The molecule has 2 heterocycles. The van der Waals surface area contributed by atoms with Crippen LogP contribution in [0.2, 0.25) is 0 Å². The molecule has 0 atom stereocenters. The van der Waals surface area contributed by atoms with Gasteiger partial charge in [-0.25, -0.2) is 4.98 Å². The van der Waals surface area contributed by atoms with Gasteiger partial charge in [0.1, 0.15) is 17.1 Å². The number of nitrogens with zero attached hydrogens (tertiary/aromatic N) is 2. The molecule has 0 N–H and O–H groups in total. The lowest BCUT2D eigenvalue weighted by molar-refractivity contribution is 0.245. The summed E-state index contributed by atoms with van der Waals surface area (Å²) >= 11 is 7.78. The van der Waals surface area contributed by atoms with E-state index in [9.17, 15) is 0 Å². The molecule has 0 aliphatic carbocycles. The van der Waals surface area contributed by atoms with Crippen molar-refractivity contribution in [3.05, 3.63) is 46.4 Å². The second-order valence-electron chi connectivity index (χ2n) is 5.17. The lowest BCUT2D eigenvalue weighted by atomic mass is 10.2. The van der Waals surface area contributed by atoms with Crippen LogP contribution in [0.15, 0.2) is 35.0 Å². The quantitative estimate of drug-likeness (QED) is 0.639. The van der Waals surface area contributed by atoms with Crippen LogP contribution in [0, 0.1) is 0 Å². The summed E-state index contributed by atoms with van der Waals surface area (Å²) in [6, 6.07) is 8.16. The second-order valence-corrected chi connectivity index (χ2v) is 6.22. The normalized spacial score (nSPS) is 11.4. The molecular formula is C16H17ClN2OS. The van der Waals surface area contributed by atoms with E-state index in [-0.39, 0.29) is 6.10 Å². The molecule has 3 aromatic rings. The summed E-state index contributed by atoms with van der Waals surface area (Å²) in [5, 5.41) is 4.24. The summed E-state index contributed by atoms with van der Waals surface area (Å²) in [5.74, 6) is 2.08. The van der Waals surface area contributed by atoms with E-state index in [4.69, 9.17) is 16.3 Å². The van der Waals surface area contributed by atoms with Gasteiger partial charge in [-0.2, -0.15) is 11.3 Å². The number of ether oxygens (including phenoxy) is 1. The highest BCUT2D eigenvalue weighted by Crippen LogP contribution is 2.28. The molecule has 0 bridgehead atoms. The summed E-state index contributed by atoms with van der Waals surface area (Å²) in [7, 11) is 0. The van der Waals surface area contributed by atoms with Crippen LogP contribution < -0.4 is 4.74 Å². The zero-order valence-corrected chi connectivity index (χ0v) is 13.6. The van der Waals surface area contributed by atoms with Crippen LogP contribution in [0.4, 0.5) is 0 Å². The minimum atomic E-state index is 0.122. The molecule has 0 aliphatic rings. The van der Waals surface area contributed by atoms with Gasteiger partial charge in [0, 0.05) is 0 Å². The van der Waals surface area contributed by atoms with Crippen molar-refractivity contribution in [2.75, 3.05) is 0 Å². The van der Waals surface area contributed by atoms with Crippen molar-refractivity contribution in [2.24, 2.45) is 0 Å². The number of rotatable bonds is 5. The molecule has 2 aromatic heterocycles. The van der Waals surface area contributed by atoms with Gasteiger partial charge < -0.3 is 9.30 Å². The Bertz CT molecular complexity index is 734. The van der Waals surface area contributed by atoms with E-state index < -0.39 is 0 Å². The number of imidazole rings is 1. The van der Waals surface area contributed by atoms with Crippen LogP contribution in [0.3, 0.4) is 0 Å². The van der Waals surface area contributed by atoms with Crippen LogP contribution in [-0.2, 0) is 12.4 Å². The number of para-hydroxylation sites is 1. The molecule has 3 rings (SSSR count). The largest absolute Gasteiger partial charge is 0.489 e. The SMILES string of the molecule is CC(C)Oc1cccc2c1nc(CCl)n2Cc1ccsc1. The Morgan fingerprint density at radius 3 is 2.86 bits per heavy atom. The Labute approximate surface area is 133 Å². The first-order chi connectivity index (χ1) is 10.2. The van der Waals surface area contributed by atoms with Crippen LogP contribution in [-0.4, -0.2) is 15.7 Å². The minimum Gasteiger partial charge on any atom is -0.489 e. The van der Waals surface area contributed by atoms with Crippen LogP contribution >= 0.6 is 22.9 Å². The Morgan fingerprint density at radius 2 is 2.19 bits per heavy atom. The van der Waals surface area contributed by atoms with Crippen molar-refractivity contribution in [3.8, 4) is 5.75 Å². The Morgan fingerprint density at radius 1 is 1.33 bits per heavy atom. The monoisotopic (exact) mass is 320 g/mol. The minimum absolute atomic E-state index is 0.122. The second kappa shape index (κ2) is 6.08. The van der Waals surface area contributed by atoms with Crippen LogP contribution in [0.5, 0.6) is 5.75 Å². The van der Waals surface area contributed by atoms with E-state index in [0.29, 0.717) is 5.88 Å². The van der Waals surface area contributed by atoms with Gasteiger partial charge in [0.2, 0.25) is 0 Å². The maximum Gasteiger partial charge on any atom is 0.147 e. The summed E-state index contributed by atoms with van der Waals surface area (Å²) < 4.78 is 8.02. The zero-order chi connectivity index (χ0) is 14.8. The molecule has 0 radical (unpaired) electrons. The van der Waals surface area contributed by atoms with Gasteiger partial charge in [-0.05, 0) is 48.4 Å². The summed E-state index contributed by atoms with van der Waals surface area (Å²) in [5.41, 5.74) is 3.22. The first-order valence-corrected chi connectivity index (χ1v) is 8.38. The molecule has 0 amide bonds. The standard InChI is InChI=1S/C16H17ClN2OS/c1-11(2)20-14-5-3-4-13-16(14)18-15(8-17)19(13)9-12-6-7-21-10-12/h3-7,10-11H,8-9H2,1-2H3. The number of halogens is 1. The highest BCUT2D eigenvalue weighted by molar-refractivity contribution is 7.07. The number of fused-ring (bicyclic) bond motifs is 1. The Hall–Kier alpha value is -1.52. The predicted octanol–water partition coefficient (Wildman–Crippen LogP) is 4.67. The van der Waals surface area contributed by atoms with Gasteiger partial charge in [-0.15, -0.1) is 11.6 Å². The molecule has 0 unspecified atom stereocenters. The van der Waals surface area contributed by atoms with Crippen LogP contribution in [0.25, 0.3) is 11.0 Å². The highest BCUT2D eigenvalue weighted by atomic mass is 35.5. The molecule has 3 nitrogen and oxygen atoms in total. The zero-order valence-electron chi connectivity index (χ0n) is 12.0. The van der Waals surface area contributed by atoms with Crippen molar-refractivity contribution in [2.45, 2.75) is 32.4 Å². The fraction of sp³-hybridized carbons (Fsp3) is 0.312. The molecule has 0 aliphatic heterocycles. The molecule has 5 heteroatoms. The maximum atomic E-state index is 6.08. The molecule has 0 spiro atoms. The number of hydrogen-bond donors (Lipinski definition) is 0. The van der Waals surface area contributed by atoms with Gasteiger partial charge >= 0.3 is 0 Å². The van der Waals surface area contributed by atoms with Gasteiger partial charge in [0.15, 0.2) is 0 Å². The average molecular weight is 321 g/mol. The lowest BCUT2D eigenvalue weighted by Gasteiger charge is -2.10. The smallest absolute Gasteiger partial charge is 0.147 e. The number of aromatic nitrogens is 2. The predicted molar refractivity (Wildman–Crippen MR) is 88.5 cm³/mol. The van der Waals surface area contributed by atoms with E-state index in [0.717, 1.165) is 29.2 Å². The first kappa shape index (κ1) is 14.4. The van der Waals surface area contributed by atoms with Crippen molar-refractivity contribution in [3.63, 3.8) is 0 Å². The Balaban J connectivity index is 2.10. The fourth-order valence-electron chi connectivity index (χ4n) is 2.36. The van der Waals surface area contributed by atoms with Gasteiger partial charge in [-0.1, -0.05) is 6.07 Å². The van der Waals surface area contributed by atoms with Crippen molar-refractivity contribution < 1.29 is 4.74 Å². The summed E-state index contributed by atoms with van der Waals surface area (Å²) in [6.07, 6.45) is 0.122. The molecule has 1 aromatic carbocycles. The van der Waals surface area contributed by atoms with Gasteiger partial charge in [0.25, 0.3) is 0 Å². The molecular weight excluding hydrogens is 304 g/mol. The lowest BCUT2D eigenvalue weighted by Crippen LogP contribution is -2.06. The first-order valence-electron chi connectivity index (χ1n) is 6.91. The highest BCUT2D eigenvalue weighted by Gasteiger charge is 2.14. The van der Waals surface area contributed by atoms with Crippen molar-refractivity contribution >= 4 is 34.0 Å². The third-order valence-electron chi connectivity index (χ3n) is 3.22. The van der Waals surface area contributed by atoms with Gasteiger partial charge in [-0.3, -0.25) is 0 Å². The van der Waals surface area contributed by atoms with Crippen molar-refractivity contribution in [1.29, 1.82) is 0 Å². The number of hydrogen-bond acceptors (Lipinski definition) is 3. The summed E-state index contributed by atoms with van der Waals surface area (Å²) in [6.45, 7) is 4.82. The Kier molecular flexibility index (Phi) is 4.17. The van der Waals surface area contributed by atoms with E-state index in [2.05, 4.69) is 32.4 Å². The third kappa shape index (κ3) is 2.92. The van der Waals surface area contributed by atoms with Gasteiger partial charge in [0.05, 0.1) is 24.0 Å². The summed E-state index contributed by atoms with van der Waals surface area (Å²) in [4.78, 5) is 4.67.